The first kappa shape index (κ1) is 19.0. The molecular formula is C21H26N2O2S. The van der Waals surface area contributed by atoms with E-state index in [0.717, 1.165) is 48.6 Å². The van der Waals surface area contributed by atoms with E-state index in [1.54, 1.807) is 11.8 Å². The highest BCUT2D eigenvalue weighted by Gasteiger charge is 2.16. The molecule has 0 unspecified atom stereocenters. The summed E-state index contributed by atoms with van der Waals surface area (Å²) in [6.45, 7) is 2.16. The highest BCUT2D eigenvalue weighted by atomic mass is 32.2. The van der Waals surface area contributed by atoms with E-state index in [9.17, 15) is 4.79 Å². The molecule has 138 valence electrons. The van der Waals surface area contributed by atoms with E-state index < -0.39 is 0 Å². The topological polar surface area (TPSA) is 61.4 Å². The Morgan fingerprint density at radius 2 is 1.65 bits per heavy atom. The van der Waals surface area contributed by atoms with Gasteiger partial charge < -0.3 is 15.7 Å². The van der Waals surface area contributed by atoms with Gasteiger partial charge in [0, 0.05) is 23.1 Å². The number of hydrogen-bond acceptors (Lipinski definition) is 4. The summed E-state index contributed by atoms with van der Waals surface area (Å²) in [6.07, 6.45) is 1.99. The maximum atomic E-state index is 12.4. The molecule has 0 bridgehead atoms. The second-order valence-corrected chi connectivity index (χ2v) is 7.65. The van der Waals surface area contributed by atoms with Gasteiger partial charge in [0.15, 0.2) is 0 Å². The third-order valence-corrected chi connectivity index (χ3v) is 5.62. The average molecular weight is 371 g/mol. The van der Waals surface area contributed by atoms with Crippen LogP contribution >= 0.6 is 11.8 Å². The van der Waals surface area contributed by atoms with Gasteiger partial charge in [0.1, 0.15) is 0 Å². The minimum atomic E-state index is 0.0136. The number of nitrogens with one attached hydrogen (secondary N) is 2. The third kappa shape index (κ3) is 5.34. The first-order chi connectivity index (χ1) is 12.8. The largest absolute Gasteiger partial charge is 0.396 e. The fourth-order valence-electron chi connectivity index (χ4n) is 3.10. The van der Waals surface area contributed by atoms with E-state index in [2.05, 4.69) is 34.9 Å². The summed E-state index contributed by atoms with van der Waals surface area (Å²) in [5.41, 5.74) is 4.22. The number of thioether (sulfide) groups is 1. The fourth-order valence-corrected chi connectivity index (χ4v) is 3.80. The lowest BCUT2D eigenvalue weighted by molar-refractivity contribution is 0.0929. The second-order valence-electron chi connectivity index (χ2n) is 6.55. The standard InChI is InChI=1S/C21H26N2O2S/c24-13-14-26-15-16-1-3-17(4-2-16)18-5-7-19(8-6-18)21(25)23-20-9-11-22-12-10-20/h1-8,20,22,24H,9-15H2,(H,23,25). The zero-order chi connectivity index (χ0) is 18.2. The van der Waals surface area contributed by atoms with Crippen molar-refractivity contribution in [1.29, 1.82) is 0 Å². The Bertz CT molecular complexity index is 695. The predicted molar refractivity (Wildman–Crippen MR) is 108 cm³/mol. The molecule has 1 amide bonds. The number of rotatable bonds is 7. The van der Waals surface area contributed by atoms with Gasteiger partial charge in [-0.25, -0.2) is 0 Å². The summed E-state index contributed by atoms with van der Waals surface area (Å²) < 4.78 is 0. The first-order valence-corrected chi connectivity index (χ1v) is 10.3. The summed E-state index contributed by atoms with van der Waals surface area (Å²) in [5.74, 6) is 1.69. The number of aliphatic hydroxyl groups is 1. The van der Waals surface area contributed by atoms with Crippen molar-refractivity contribution in [3.05, 3.63) is 59.7 Å². The van der Waals surface area contributed by atoms with Crippen LogP contribution in [0.25, 0.3) is 11.1 Å². The molecule has 0 saturated carbocycles. The van der Waals surface area contributed by atoms with Crippen molar-refractivity contribution < 1.29 is 9.90 Å². The molecule has 5 heteroatoms. The number of benzene rings is 2. The molecule has 0 atom stereocenters. The van der Waals surface area contributed by atoms with E-state index >= 15 is 0 Å². The molecule has 4 nitrogen and oxygen atoms in total. The van der Waals surface area contributed by atoms with Gasteiger partial charge >= 0.3 is 0 Å². The van der Waals surface area contributed by atoms with Gasteiger partial charge in [-0.1, -0.05) is 36.4 Å². The Balaban J connectivity index is 1.58. The Morgan fingerprint density at radius 1 is 1.04 bits per heavy atom. The minimum Gasteiger partial charge on any atom is -0.396 e. The van der Waals surface area contributed by atoms with E-state index in [0.29, 0.717) is 5.56 Å². The number of carbonyl (C=O) groups excluding carboxylic acids is 1. The van der Waals surface area contributed by atoms with Gasteiger partial charge in [0.05, 0.1) is 6.61 Å². The second kappa shape index (κ2) is 9.76. The van der Waals surface area contributed by atoms with Gasteiger partial charge in [0.25, 0.3) is 5.91 Å². The van der Waals surface area contributed by atoms with Crippen molar-refractivity contribution in [3.8, 4) is 11.1 Å². The van der Waals surface area contributed by atoms with Crippen molar-refractivity contribution in [2.75, 3.05) is 25.4 Å². The smallest absolute Gasteiger partial charge is 0.251 e. The Labute approximate surface area is 159 Å². The van der Waals surface area contributed by atoms with Gasteiger partial charge in [-0.3, -0.25) is 4.79 Å². The van der Waals surface area contributed by atoms with Crippen LogP contribution in [-0.2, 0) is 5.75 Å². The van der Waals surface area contributed by atoms with Crippen molar-refractivity contribution in [2.24, 2.45) is 0 Å². The highest BCUT2D eigenvalue weighted by Crippen LogP contribution is 2.22. The Kier molecular flexibility index (Phi) is 7.12. The normalized spacial score (nSPS) is 15.0. The summed E-state index contributed by atoms with van der Waals surface area (Å²) in [4.78, 5) is 12.4. The van der Waals surface area contributed by atoms with Gasteiger partial charge in [-0.05, 0) is 54.8 Å². The van der Waals surface area contributed by atoms with Gasteiger partial charge in [0.2, 0.25) is 0 Å². The molecule has 1 aliphatic heterocycles. The fraction of sp³-hybridized carbons (Fsp3) is 0.381. The highest BCUT2D eigenvalue weighted by molar-refractivity contribution is 7.98. The molecule has 0 aliphatic carbocycles. The molecule has 3 N–H and O–H groups in total. The molecule has 1 fully saturated rings. The lowest BCUT2D eigenvalue weighted by atomic mass is 10.0. The van der Waals surface area contributed by atoms with Gasteiger partial charge in [-0.15, -0.1) is 0 Å². The lowest BCUT2D eigenvalue weighted by Crippen LogP contribution is -2.42. The predicted octanol–water partition coefficient (Wildman–Crippen LogP) is 3.06. The summed E-state index contributed by atoms with van der Waals surface area (Å²) >= 11 is 1.73. The summed E-state index contributed by atoms with van der Waals surface area (Å²) in [5, 5.41) is 15.3. The van der Waals surface area contributed by atoms with Crippen LogP contribution in [-0.4, -0.2) is 42.5 Å². The SMILES string of the molecule is O=C(NC1CCNCC1)c1ccc(-c2ccc(CSCCO)cc2)cc1. The van der Waals surface area contributed by atoms with Crippen LogP contribution in [0.4, 0.5) is 0 Å². The number of hydrogen-bond donors (Lipinski definition) is 3. The van der Waals surface area contributed by atoms with Crippen LogP contribution in [0.15, 0.2) is 48.5 Å². The van der Waals surface area contributed by atoms with Crippen molar-refractivity contribution in [3.63, 3.8) is 0 Å². The molecule has 1 aliphatic rings. The van der Waals surface area contributed by atoms with Crippen LogP contribution in [0, 0.1) is 0 Å². The average Bonchev–Trinajstić information content (AvgIpc) is 2.70. The monoisotopic (exact) mass is 370 g/mol. The molecule has 0 spiro atoms. The molecular weight excluding hydrogens is 344 g/mol. The number of carbonyl (C=O) groups is 1. The minimum absolute atomic E-state index is 0.0136. The molecule has 0 radical (unpaired) electrons. The summed E-state index contributed by atoms with van der Waals surface area (Å²) in [7, 11) is 0. The number of piperidine rings is 1. The molecule has 3 rings (SSSR count). The number of aliphatic hydroxyl groups excluding tert-OH is 1. The van der Waals surface area contributed by atoms with Crippen LogP contribution in [0.1, 0.15) is 28.8 Å². The quantitative estimate of drug-likeness (QED) is 0.656. The van der Waals surface area contributed by atoms with Crippen molar-refractivity contribution in [2.45, 2.75) is 24.6 Å². The zero-order valence-electron chi connectivity index (χ0n) is 14.9. The maximum Gasteiger partial charge on any atom is 0.251 e. The molecule has 0 aromatic heterocycles. The van der Waals surface area contributed by atoms with Crippen molar-refractivity contribution >= 4 is 17.7 Å². The van der Waals surface area contributed by atoms with Crippen molar-refractivity contribution in [1.82, 2.24) is 10.6 Å². The van der Waals surface area contributed by atoms with E-state index in [-0.39, 0.29) is 18.6 Å². The Hall–Kier alpha value is -1.82. The zero-order valence-corrected chi connectivity index (χ0v) is 15.7. The third-order valence-electron chi connectivity index (χ3n) is 4.61. The number of amides is 1. The maximum absolute atomic E-state index is 12.4. The lowest BCUT2D eigenvalue weighted by Gasteiger charge is -2.23. The summed E-state index contributed by atoms with van der Waals surface area (Å²) in [6, 6.07) is 16.6. The molecule has 2 aromatic carbocycles. The Morgan fingerprint density at radius 3 is 2.27 bits per heavy atom. The first-order valence-electron chi connectivity index (χ1n) is 9.16. The van der Waals surface area contributed by atoms with E-state index in [1.807, 2.05) is 24.3 Å². The van der Waals surface area contributed by atoms with Gasteiger partial charge in [-0.2, -0.15) is 11.8 Å². The molecule has 1 heterocycles. The molecule has 26 heavy (non-hydrogen) atoms. The van der Waals surface area contributed by atoms with Crippen LogP contribution in [0.5, 0.6) is 0 Å². The molecule has 2 aromatic rings. The van der Waals surface area contributed by atoms with Crippen LogP contribution in [0.2, 0.25) is 0 Å². The van der Waals surface area contributed by atoms with Crippen LogP contribution in [0.3, 0.4) is 0 Å². The van der Waals surface area contributed by atoms with E-state index in [4.69, 9.17) is 5.11 Å². The van der Waals surface area contributed by atoms with Crippen LogP contribution < -0.4 is 10.6 Å². The van der Waals surface area contributed by atoms with E-state index in [1.165, 1.54) is 5.56 Å². The molecule has 1 saturated heterocycles.